The third-order valence-corrected chi connectivity index (χ3v) is 4.97. The Kier molecular flexibility index (Phi) is 7.24. The van der Waals surface area contributed by atoms with Gasteiger partial charge in [0.05, 0.1) is 6.61 Å². The largest absolute Gasteiger partial charge is 0.478 e. The first-order chi connectivity index (χ1) is 14.8. The number of hydrogen-bond donors (Lipinski definition) is 0. The molecular weight excluding hydrogens is 412 g/mol. The van der Waals surface area contributed by atoms with Gasteiger partial charge in [-0.25, -0.2) is 4.79 Å². The standard InChI is InChI=1S/C26H27ClO4/c1-5-29-25(28)17-30-23-15-8-19(18-6-11-21(27)12-7-18)16-24(23)31-22-13-9-20(10-14-22)26(2,3)4/h6-16H,5,17H2,1-4H3. The quantitative estimate of drug-likeness (QED) is 0.371. The average Bonchev–Trinajstić information content (AvgIpc) is 2.73. The van der Waals surface area contributed by atoms with Crippen LogP contribution in [0.2, 0.25) is 5.02 Å². The van der Waals surface area contributed by atoms with Crippen molar-refractivity contribution in [3.8, 4) is 28.4 Å². The van der Waals surface area contributed by atoms with Crippen molar-refractivity contribution in [3.05, 3.63) is 77.3 Å². The van der Waals surface area contributed by atoms with Gasteiger partial charge in [-0.3, -0.25) is 0 Å². The molecular formula is C26H27ClO4. The first kappa shape index (κ1) is 22.7. The molecule has 0 unspecified atom stereocenters. The van der Waals surface area contributed by atoms with Gasteiger partial charge in [0.25, 0.3) is 0 Å². The van der Waals surface area contributed by atoms with Crippen LogP contribution in [0.4, 0.5) is 0 Å². The van der Waals surface area contributed by atoms with Crippen LogP contribution in [0.3, 0.4) is 0 Å². The number of esters is 1. The van der Waals surface area contributed by atoms with Crippen LogP contribution in [0.15, 0.2) is 66.7 Å². The summed E-state index contributed by atoms with van der Waals surface area (Å²) in [5.74, 6) is 1.23. The van der Waals surface area contributed by atoms with Gasteiger partial charge in [-0.05, 0) is 65.4 Å². The summed E-state index contributed by atoms with van der Waals surface area (Å²) < 4.78 is 16.8. The Balaban J connectivity index is 1.90. The molecule has 0 fully saturated rings. The van der Waals surface area contributed by atoms with E-state index in [1.807, 2.05) is 48.5 Å². The van der Waals surface area contributed by atoms with E-state index >= 15 is 0 Å². The molecule has 3 aromatic carbocycles. The number of hydrogen-bond acceptors (Lipinski definition) is 4. The Morgan fingerprint density at radius 1 is 0.871 bits per heavy atom. The fourth-order valence-electron chi connectivity index (χ4n) is 3.02. The second-order valence-electron chi connectivity index (χ2n) is 8.14. The van der Waals surface area contributed by atoms with Crippen molar-refractivity contribution in [2.75, 3.05) is 13.2 Å². The van der Waals surface area contributed by atoms with Crippen molar-refractivity contribution in [1.29, 1.82) is 0 Å². The average molecular weight is 439 g/mol. The molecule has 162 valence electrons. The minimum Gasteiger partial charge on any atom is -0.478 e. The van der Waals surface area contributed by atoms with E-state index in [2.05, 4.69) is 32.9 Å². The first-order valence-electron chi connectivity index (χ1n) is 10.2. The van der Waals surface area contributed by atoms with E-state index in [-0.39, 0.29) is 12.0 Å². The molecule has 4 nitrogen and oxygen atoms in total. The number of benzene rings is 3. The Morgan fingerprint density at radius 3 is 2.13 bits per heavy atom. The van der Waals surface area contributed by atoms with Crippen LogP contribution in [0, 0.1) is 0 Å². The lowest BCUT2D eigenvalue weighted by Crippen LogP contribution is -2.14. The monoisotopic (exact) mass is 438 g/mol. The van der Waals surface area contributed by atoms with E-state index in [0.29, 0.717) is 28.9 Å². The summed E-state index contributed by atoms with van der Waals surface area (Å²) in [6.07, 6.45) is 0. The van der Waals surface area contributed by atoms with Crippen molar-refractivity contribution in [3.63, 3.8) is 0 Å². The van der Waals surface area contributed by atoms with Crippen molar-refractivity contribution in [2.45, 2.75) is 33.1 Å². The molecule has 0 heterocycles. The molecule has 3 rings (SSSR count). The lowest BCUT2D eigenvalue weighted by atomic mass is 9.87. The molecule has 0 aromatic heterocycles. The lowest BCUT2D eigenvalue weighted by Gasteiger charge is -2.19. The highest BCUT2D eigenvalue weighted by atomic mass is 35.5. The smallest absolute Gasteiger partial charge is 0.344 e. The topological polar surface area (TPSA) is 44.8 Å². The third kappa shape index (κ3) is 6.25. The molecule has 0 atom stereocenters. The third-order valence-electron chi connectivity index (χ3n) is 4.72. The number of halogens is 1. The molecule has 0 saturated carbocycles. The van der Waals surface area contributed by atoms with Crippen LogP contribution in [-0.2, 0) is 14.9 Å². The SMILES string of the molecule is CCOC(=O)COc1ccc(-c2ccc(Cl)cc2)cc1Oc1ccc(C(C)(C)C)cc1. The van der Waals surface area contributed by atoms with Gasteiger partial charge in [0.2, 0.25) is 0 Å². The predicted octanol–water partition coefficient (Wildman–Crippen LogP) is 7.04. The molecule has 0 spiro atoms. The molecule has 0 radical (unpaired) electrons. The zero-order chi connectivity index (χ0) is 22.4. The summed E-state index contributed by atoms with van der Waals surface area (Å²) in [5.41, 5.74) is 3.21. The van der Waals surface area contributed by atoms with Crippen molar-refractivity contribution >= 4 is 17.6 Å². The van der Waals surface area contributed by atoms with Gasteiger partial charge >= 0.3 is 5.97 Å². The van der Waals surface area contributed by atoms with Gasteiger partial charge in [0, 0.05) is 5.02 Å². The highest BCUT2D eigenvalue weighted by Gasteiger charge is 2.15. The zero-order valence-corrected chi connectivity index (χ0v) is 19.0. The van der Waals surface area contributed by atoms with Crippen LogP contribution < -0.4 is 9.47 Å². The molecule has 0 amide bonds. The Morgan fingerprint density at radius 2 is 1.52 bits per heavy atom. The predicted molar refractivity (Wildman–Crippen MR) is 124 cm³/mol. The normalized spacial score (nSPS) is 11.1. The molecule has 3 aromatic rings. The van der Waals surface area contributed by atoms with Gasteiger partial charge in [0.1, 0.15) is 5.75 Å². The van der Waals surface area contributed by atoms with Gasteiger partial charge in [-0.2, -0.15) is 0 Å². The Hall–Kier alpha value is -2.98. The second-order valence-corrected chi connectivity index (χ2v) is 8.57. The maximum Gasteiger partial charge on any atom is 0.344 e. The fourth-order valence-corrected chi connectivity index (χ4v) is 3.14. The van der Waals surface area contributed by atoms with Crippen LogP contribution >= 0.6 is 11.6 Å². The fraction of sp³-hybridized carbons (Fsp3) is 0.269. The Labute approximate surface area is 188 Å². The van der Waals surface area contributed by atoms with E-state index in [1.54, 1.807) is 13.0 Å². The van der Waals surface area contributed by atoms with Gasteiger partial charge in [-0.1, -0.05) is 62.7 Å². The van der Waals surface area contributed by atoms with Crippen LogP contribution in [-0.4, -0.2) is 19.2 Å². The number of ether oxygens (including phenoxy) is 3. The number of carbonyl (C=O) groups excluding carboxylic acids is 1. The van der Waals surface area contributed by atoms with E-state index in [4.69, 9.17) is 25.8 Å². The molecule has 0 saturated heterocycles. The zero-order valence-electron chi connectivity index (χ0n) is 18.3. The first-order valence-corrected chi connectivity index (χ1v) is 10.6. The van der Waals surface area contributed by atoms with Crippen molar-refractivity contribution < 1.29 is 19.0 Å². The maximum absolute atomic E-state index is 11.7. The summed E-state index contributed by atoms with van der Waals surface area (Å²) in [6, 6.07) is 21.1. The van der Waals surface area contributed by atoms with Crippen LogP contribution in [0.25, 0.3) is 11.1 Å². The van der Waals surface area contributed by atoms with Crippen molar-refractivity contribution in [1.82, 2.24) is 0 Å². The molecule has 0 N–H and O–H groups in total. The number of carbonyl (C=O) groups is 1. The highest BCUT2D eigenvalue weighted by Crippen LogP contribution is 2.36. The molecule has 5 heteroatoms. The van der Waals surface area contributed by atoms with Crippen molar-refractivity contribution in [2.24, 2.45) is 0 Å². The van der Waals surface area contributed by atoms with Gasteiger partial charge in [0.15, 0.2) is 18.1 Å². The minimum atomic E-state index is -0.426. The van der Waals surface area contributed by atoms with Gasteiger partial charge in [-0.15, -0.1) is 0 Å². The summed E-state index contributed by atoms with van der Waals surface area (Å²) in [6.45, 7) is 8.38. The molecule has 0 aliphatic heterocycles. The molecule has 0 bridgehead atoms. The second kappa shape index (κ2) is 9.88. The summed E-state index contributed by atoms with van der Waals surface area (Å²) >= 11 is 6.02. The molecule has 0 aliphatic rings. The van der Waals surface area contributed by atoms with E-state index in [0.717, 1.165) is 11.1 Å². The highest BCUT2D eigenvalue weighted by molar-refractivity contribution is 6.30. The van der Waals surface area contributed by atoms with Crippen LogP contribution in [0.1, 0.15) is 33.3 Å². The van der Waals surface area contributed by atoms with E-state index in [9.17, 15) is 4.79 Å². The molecule has 31 heavy (non-hydrogen) atoms. The minimum absolute atomic E-state index is 0.0565. The summed E-state index contributed by atoms with van der Waals surface area (Å²) in [5, 5.41) is 0.675. The lowest BCUT2D eigenvalue weighted by molar-refractivity contribution is -0.145. The van der Waals surface area contributed by atoms with Gasteiger partial charge < -0.3 is 14.2 Å². The van der Waals surface area contributed by atoms with E-state index in [1.165, 1.54) is 5.56 Å². The summed E-state index contributed by atoms with van der Waals surface area (Å²) in [7, 11) is 0. The maximum atomic E-state index is 11.7. The molecule has 0 aliphatic carbocycles. The Bertz CT molecular complexity index is 1020. The van der Waals surface area contributed by atoms with Crippen LogP contribution in [0.5, 0.6) is 17.2 Å². The number of rotatable bonds is 7. The van der Waals surface area contributed by atoms with E-state index < -0.39 is 5.97 Å². The summed E-state index contributed by atoms with van der Waals surface area (Å²) in [4.78, 5) is 11.7.